The Kier molecular flexibility index (Phi) is 11.6. The average Bonchev–Trinajstić information content (AvgIpc) is 3.32. The number of hydrogen-bond acceptors (Lipinski definition) is 5. The molecule has 0 saturated carbocycles. The Hall–Kier alpha value is -3.41. The summed E-state index contributed by atoms with van der Waals surface area (Å²) in [5.41, 5.74) is -0.626. The van der Waals surface area contributed by atoms with Crippen molar-refractivity contribution >= 4 is 12.1 Å². The van der Waals surface area contributed by atoms with Gasteiger partial charge in [-0.05, 0) is 50.8 Å². The molecule has 1 heterocycles. The zero-order valence-corrected chi connectivity index (χ0v) is 19.2. The second-order valence-corrected chi connectivity index (χ2v) is 7.42. The van der Waals surface area contributed by atoms with Crippen LogP contribution in [0.4, 0.5) is 32.0 Å². The largest absolute Gasteiger partial charge is 0.470 e. The first-order valence-electron chi connectivity index (χ1n) is 10.6. The molecule has 0 unspecified atom stereocenters. The van der Waals surface area contributed by atoms with Crippen LogP contribution in [0.5, 0.6) is 0 Å². The number of carbonyl (C=O) groups is 1. The van der Waals surface area contributed by atoms with Gasteiger partial charge >= 0.3 is 12.1 Å². The third-order valence-electron chi connectivity index (χ3n) is 4.82. The maximum absolute atomic E-state index is 14.3. The number of amides is 1. The van der Waals surface area contributed by atoms with Crippen LogP contribution < -0.4 is 4.90 Å². The van der Waals surface area contributed by atoms with E-state index in [2.05, 4.69) is 40.4 Å². The minimum absolute atomic E-state index is 0. The van der Waals surface area contributed by atoms with Crippen molar-refractivity contribution in [3.8, 4) is 11.5 Å². The van der Waals surface area contributed by atoms with Crippen LogP contribution in [-0.4, -0.2) is 41.6 Å². The molecule has 2 aromatic carbocycles. The van der Waals surface area contributed by atoms with Crippen molar-refractivity contribution in [3.05, 3.63) is 65.3 Å². The molecular weight excluding hydrogens is 490 g/mol. The highest BCUT2D eigenvalue weighted by molar-refractivity contribution is 5.75. The minimum atomic E-state index is -4.84. The summed E-state index contributed by atoms with van der Waals surface area (Å²) < 4.78 is 83.5. The third kappa shape index (κ3) is 8.08. The van der Waals surface area contributed by atoms with Crippen LogP contribution in [0.25, 0.3) is 11.5 Å². The maximum atomic E-state index is 14.3. The van der Waals surface area contributed by atoms with E-state index in [1.165, 1.54) is 31.6 Å². The fourth-order valence-corrected chi connectivity index (χ4v) is 2.88. The molecule has 12 heteroatoms. The number of halogens is 6. The van der Waals surface area contributed by atoms with Crippen LogP contribution in [0.3, 0.4) is 0 Å². The molecule has 0 N–H and O–H groups in total. The maximum Gasteiger partial charge on any atom is 0.470 e. The van der Waals surface area contributed by atoms with Gasteiger partial charge < -0.3 is 14.2 Å². The summed E-state index contributed by atoms with van der Waals surface area (Å²) in [5, 5.41) is 6.05. The van der Waals surface area contributed by atoms with Gasteiger partial charge in [-0.3, -0.25) is 4.79 Å². The summed E-state index contributed by atoms with van der Waals surface area (Å²) in [7, 11) is 2.14. The van der Waals surface area contributed by atoms with Crippen LogP contribution in [-0.2, 0) is 17.5 Å². The highest BCUT2D eigenvalue weighted by Gasteiger charge is 2.38. The van der Waals surface area contributed by atoms with Crippen LogP contribution in [0.15, 0.2) is 40.8 Å². The molecule has 6 nitrogen and oxygen atoms in total. The van der Waals surface area contributed by atoms with Gasteiger partial charge in [-0.15, -0.1) is 10.2 Å². The number of carbonyl (C=O) groups excluding carboxylic acids is 1. The van der Waals surface area contributed by atoms with Gasteiger partial charge in [0, 0.05) is 11.1 Å². The second-order valence-electron chi connectivity index (χ2n) is 7.42. The van der Waals surface area contributed by atoms with Gasteiger partial charge in [0.25, 0.3) is 0 Å². The summed E-state index contributed by atoms with van der Waals surface area (Å²) in [6.45, 7) is 6.33. The van der Waals surface area contributed by atoms with Crippen LogP contribution in [0.2, 0.25) is 0 Å². The Morgan fingerprint density at radius 2 is 1.72 bits per heavy atom. The quantitative estimate of drug-likeness (QED) is 0.258. The first kappa shape index (κ1) is 30.6. The second kappa shape index (κ2) is 13.6. The van der Waals surface area contributed by atoms with Crippen molar-refractivity contribution in [3.63, 3.8) is 0 Å². The van der Waals surface area contributed by atoms with Crippen molar-refractivity contribution in [2.45, 2.75) is 40.4 Å². The Balaban J connectivity index is 0.000000712. The van der Waals surface area contributed by atoms with Crippen LogP contribution in [0, 0.1) is 17.5 Å². The van der Waals surface area contributed by atoms with Crippen molar-refractivity contribution in [2.75, 3.05) is 25.0 Å². The number of rotatable bonds is 8. The standard InChI is InChI=1S/C17H9F6N3O2.C6H15N.CH4/c18-11-2-1-3-13(14(11)20)26(8-27)7-10-5-4-9(6-12(10)19)15-24-25-16(28-15)17(21,22)23;1-4-6-7(3)5-2;/h1-6,8H,7H2;4-6H2,1-3H3;1H4. The molecule has 3 aromatic rings. The Labute approximate surface area is 205 Å². The van der Waals surface area contributed by atoms with Gasteiger partial charge in [-0.2, -0.15) is 13.2 Å². The molecule has 36 heavy (non-hydrogen) atoms. The van der Waals surface area contributed by atoms with Crippen molar-refractivity contribution in [2.24, 2.45) is 0 Å². The Morgan fingerprint density at radius 1 is 1.03 bits per heavy atom. The molecule has 0 aliphatic carbocycles. The first-order valence-corrected chi connectivity index (χ1v) is 10.6. The fourth-order valence-electron chi connectivity index (χ4n) is 2.88. The fraction of sp³-hybridized carbons (Fsp3) is 0.375. The van der Waals surface area contributed by atoms with E-state index < -0.39 is 47.6 Å². The summed E-state index contributed by atoms with van der Waals surface area (Å²) >= 11 is 0. The Morgan fingerprint density at radius 3 is 2.22 bits per heavy atom. The number of benzene rings is 2. The highest BCUT2D eigenvalue weighted by Crippen LogP contribution is 2.31. The van der Waals surface area contributed by atoms with E-state index in [0.717, 1.165) is 29.2 Å². The van der Waals surface area contributed by atoms with Gasteiger partial charge in [0.2, 0.25) is 12.3 Å². The number of alkyl halides is 3. The van der Waals surface area contributed by atoms with E-state index in [4.69, 9.17) is 0 Å². The SMILES string of the molecule is C.CCCN(C)CC.O=CN(Cc1ccc(-c2nnc(C(F)(F)F)o2)cc1F)c1cccc(F)c1F. The van der Waals surface area contributed by atoms with E-state index in [1.807, 2.05) is 0 Å². The number of nitrogens with zero attached hydrogens (tertiary/aromatic N) is 4. The zero-order valence-electron chi connectivity index (χ0n) is 19.2. The minimum Gasteiger partial charge on any atom is -0.413 e. The van der Waals surface area contributed by atoms with Gasteiger partial charge in [-0.25, -0.2) is 13.2 Å². The van der Waals surface area contributed by atoms with Crippen molar-refractivity contribution in [1.82, 2.24) is 15.1 Å². The Bertz CT molecular complexity index is 1120. The van der Waals surface area contributed by atoms with E-state index >= 15 is 0 Å². The third-order valence-corrected chi connectivity index (χ3v) is 4.82. The lowest BCUT2D eigenvalue weighted by Crippen LogP contribution is -2.22. The van der Waals surface area contributed by atoms with E-state index in [-0.39, 0.29) is 25.0 Å². The lowest BCUT2D eigenvalue weighted by Gasteiger charge is -2.19. The van der Waals surface area contributed by atoms with E-state index in [9.17, 15) is 31.1 Å². The normalized spacial score (nSPS) is 10.9. The van der Waals surface area contributed by atoms with Crippen molar-refractivity contribution < 1.29 is 35.6 Å². The average molecular weight is 519 g/mol. The molecule has 0 spiro atoms. The van der Waals surface area contributed by atoms with Crippen molar-refractivity contribution in [1.29, 1.82) is 0 Å². The molecule has 0 aliphatic rings. The molecule has 0 atom stereocenters. The molecule has 0 radical (unpaired) electrons. The number of aromatic nitrogens is 2. The zero-order chi connectivity index (χ0) is 26.2. The lowest BCUT2D eigenvalue weighted by molar-refractivity contribution is -0.156. The highest BCUT2D eigenvalue weighted by atomic mass is 19.4. The molecule has 198 valence electrons. The molecule has 0 saturated heterocycles. The summed E-state index contributed by atoms with van der Waals surface area (Å²) in [4.78, 5) is 14.3. The molecule has 1 aromatic heterocycles. The van der Waals surface area contributed by atoms with Gasteiger partial charge in [0.15, 0.2) is 11.6 Å². The molecular formula is C24H28F6N4O2. The summed E-state index contributed by atoms with van der Waals surface area (Å²) in [5.74, 6) is -5.52. The van der Waals surface area contributed by atoms with Crippen LogP contribution in [0.1, 0.15) is 39.1 Å². The van der Waals surface area contributed by atoms with Gasteiger partial charge in [0.05, 0.1) is 12.2 Å². The first-order chi connectivity index (χ1) is 16.5. The molecule has 0 aliphatic heterocycles. The topological polar surface area (TPSA) is 62.5 Å². The predicted octanol–water partition coefficient (Wildman–Crippen LogP) is 6.32. The smallest absolute Gasteiger partial charge is 0.413 e. The number of hydrogen-bond donors (Lipinski definition) is 0. The van der Waals surface area contributed by atoms with Gasteiger partial charge in [-0.1, -0.05) is 33.4 Å². The van der Waals surface area contributed by atoms with Gasteiger partial charge in [0.1, 0.15) is 5.82 Å². The summed E-state index contributed by atoms with van der Waals surface area (Å²) in [6, 6.07) is 6.34. The lowest BCUT2D eigenvalue weighted by atomic mass is 10.1. The van der Waals surface area contributed by atoms with E-state index in [1.54, 1.807) is 0 Å². The predicted molar refractivity (Wildman–Crippen MR) is 123 cm³/mol. The van der Waals surface area contributed by atoms with E-state index in [0.29, 0.717) is 0 Å². The summed E-state index contributed by atoms with van der Waals surface area (Å²) in [6.07, 6.45) is -3.38. The number of anilines is 1. The van der Waals surface area contributed by atoms with Crippen LogP contribution >= 0.6 is 0 Å². The monoisotopic (exact) mass is 518 g/mol. The molecule has 1 amide bonds. The molecule has 3 rings (SSSR count). The molecule has 0 fully saturated rings. The molecule has 0 bridgehead atoms.